The summed E-state index contributed by atoms with van der Waals surface area (Å²) in [5.74, 6) is -0.364. The third-order valence-electron chi connectivity index (χ3n) is 4.81. The fourth-order valence-corrected chi connectivity index (χ4v) is 3.15. The van der Waals surface area contributed by atoms with Crippen LogP contribution in [-0.4, -0.2) is 40.6 Å². The molecule has 0 aliphatic carbocycles. The first-order valence-electron chi connectivity index (χ1n) is 9.18. The first-order valence-corrected chi connectivity index (χ1v) is 9.18. The molecule has 9 nitrogen and oxygen atoms in total. The van der Waals surface area contributed by atoms with Crippen LogP contribution in [0.5, 0.6) is 11.6 Å². The number of phenolic OH excluding ortho intramolecular Hbond substituents is 1. The van der Waals surface area contributed by atoms with Crippen molar-refractivity contribution >= 4 is 11.4 Å². The van der Waals surface area contributed by atoms with Gasteiger partial charge in [-0.3, -0.25) is 9.25 Å². The molecule has 0 aliphatic heterocycles. The van der Waals surface area contributed by atoms with E-state index in [4.69, 9.17) is 10.8 Å². The van der Waals surface area contributed by atoms with Crippen LogP contribution in [0.15, 0.2) is 47.7 Å². The Balaban J connectivity index is 1.79. The van der Waals surface area contributed by atoms with Crippen molar-refractivity contribution in [1.29, 1.82) is 10.8 Å². The van der Waals surface area contributed by atoms with Crippen molar-refractivity contribution in [2.75, 3.05) is 0 Å². The maximum absolute atomic E-state index is 12.7. The van der Waals surface area contributed by atoms with E-state index < -0.39 is 0 Å². The highest BCUT2D eigenvalue weighted by atomic mass is 16.3. The maximum atomic E-state index is 12.7. The van der Waals surface area contributed by atoms with Gasteiger partial charge in [-0.2, -0.15) is 5.10 Å². The largest absolute Gasteiger partial charge is 0.508 e. The number of benzene rings is 1. The summed E-state index contributed by atoms with van der Waals surface area (Å²) >= 11 is 0. The number of hydrogen-bond acceptors (Lipinski definition) is 6. The van der Waals surface area contributed by atoms with Crippen LogP contribution in [0.25, 0.3) is 5.69 Å². The Morgan fingerprint density at radius 2 is 1.76 bits per heavy atom. The van der Waals surface area contributed by atoms with E-state index in [0.29, 0.717) is 36.6 Å². The zero-order valence-corrected chi connectivity index (χ0v) is 16.3. The van der Waals surface area contributed by atoms with Crippen LogP contribution in [0.2, 0.25) is 0 Å². The van der Waals surface area contributed by atoms with Crippen LogP contribution in [-0.2, 0) is 19.5 Å². The van der Waals surface area contributed by atoms with Crippen LogP contribution in [0.3, 0.4) is 0 Å². The molecular weight excluding hydrogens is 372 g/mol. The molecule has 0 radical (unpaired) electrons. The van der Waals surface area contributed by atoms with Gasteiger partial charge in [0.1, 0.15) is 5.75 Å². The van der Waals surface area contributed by atoms with Crippen LogP contribution in [0, 0.1) is 16.7 Å². The molecule has 0 spiro atoms. The zero-order valence-electron chi connectivity index (χ0n) is 16.3. The first-order chi connectivity index (χ1) is 13.8. The molecule has 0 bridgehead atoms. The van der Waals surface area contributed by atoms with Gasteiger partial charge in [-0.25, -0.2) is 9.36 Å². The van der Waals surface area contributed by atoms with Crippen molar-refractivity contribution in [3.63, 3.8) is 0 Å². The number of aromatic hydroxyl groups is 2. The Morgan fingerprint density at radius 3 is 2.38 bits per heavy atom. The van der Waals surface area contributed by atoms with Gasteiger partial charge < -0.3 is 21.0 Å². The van der Waals surface area contributed by atoms with E-state index in [0.717, 1.165) is 5.56 Å². The van der Waals surface area contributed by atoms with Crippen LogP contribution >= 0.6 is 0 Å². The van der Waals surface area contributed by atoms with E-state index in [2.05, 4.69) is 5.10 Å². The van der Waals surface area contributed by atoms with Gasteiger partial charge in [0, 0.05) is 24.2 Å². The van der Waals surface area contributed by atoms with E-state index >= 15 is 0 Å². The average Bonchev–Trinajstić information content (AvgIpc) is 3.22. The Morgan fingerprint density at radius 1 is 1.10 bits per heavy atom. The molecule has 0 amide bonds. The Bertz CT molecular complexity index is 1080. The van der Waals surface area contributed by atoms with Crippen molar-refractivity contribution in [3.05, 3.63) is 58.9 Å². The Hall–Kier alpha value is -3.62. The van der Waals surface area contributed by atoms with Crippen molar-refractivity contribution in [2.45, 2.75) is 33.4 Å². The number of imidazole rings is 1. The maximum Gasteiger partial charge on any atom is 0.335 e. The highest BCUT2D eigenvalue weighted by molar-refractivity contribution is 6.02. The summed E-state index contributed by atoms with van der Waals surface area (Å²) in [6, 6.07) is 6.76. The van der Waals surface area contributed by atoms with Gasteiger partial charge in [0.15, 0.2) is 0 Å². The van der Waals surface area contributed by atoms with Gasteiger partial charge in [-0.1, -0.05) is 12.1 Å². The third kappa shape index (κ3) is 4.45. The molecule has 0 unspecified atom stereocenters. The predicted octanol–water partition coefficient (Wildman–Crippen LogP) is 2.18. The lowest BCUT2D eigenvalue weighted by Gasteiger charge is -2.14. The number of phenols is 1. The quantitative estimate of drug-likeness (QED) is 0.434. The van der Waals surface area contributed by atoms with Crippen LogP contribution in [0.1, 0.15) is 19.4 Å². The summed E-state index contributed by atoms with van der Waals surface area (Å²) in [6.07, 6.45) is 5.04. The van der Waals surface area contributed by atoms with E-state index in [1.54, 1.807) is 49.0 Å². The molecule has 0 atom stereocenters. The Kier molecular flexibility index (Phi) is 5.67. The summed E-state index contributed by atoms with van der Waals surface area (Å²) < 4.78 is 4.16. The van der Waals surface area contributed by atoms with Gasteiger partial charge in [0.2, 0.25) is 5.88 Å². The monoisotopic (exact) mass is 396 g/mol. The molecule has 3 aromatic rings. The third-order valence-corrected chi connectivity index (χ3v) is 4.81. The molecule has 2 heterocycles. The second-order valence-corrected chi connectivity index (χ2v) is 7.05. The summed E-state index contributed by atoms with van der Waals surface area (Å²) in [5.41, 5.74) is 1.73. The van der Waals surface area contributed by atoms with E-state index in [9.17, 15) is 15.0 Å². The predicted molar refractivity (Wildman–Crippen MR) is 110 cm³/mol. The van der Waals surface area contributed by atoms with E-state index in [1.165, 1.54) is 21.5 Å². The molecule has 9 heteroatoms. The first kappa shape index (κ1) is 20.1. The molecular formula is C20H24N6O3. The molecule has 2 aromatic heterocycles. The van der Waals surface area contributed by atoms with Crippen molar-refractivity contribution < 1.29 is 10.2 Å². The smallest absolute Gasteiger partial charge is 0.335 e. The minimum atomic E-state index is -0.385. The lowest BCUT2D eigenvalue weighted by Crippen LogP contribution is -2.25. The second kappa shape index (κ2) is 8.17. The minimum Gasteiger partial charge on any atom is -0.508 e. The summed E-state index contributed by atoms with van der Waals surface area (Å²) in [7, 11) is 0. The van der Waals surface area contributed by atoms with Crippen molar-refractivity contribution in [1.82, 2.24) is 18.9 Å². The molecule has 0 saturated heterocycles. The number of aryl methyl sites for hydroxylation is 2. The van der Waals surface area contributed by atoms with Gasteiger partial charge in [-0.05, 0) is 38.0 Å². The normalized spacial score (nSPS) is 12.1. The SMILES string of the molecule is CC(=N)C(Cn1cc(-n2c(O)cn(CCc3ccc(O)cc3)c2=O)cn1)C(C)=N. The van der Waals surface area contributed by atoms with Crippen LogP contribution in [0.4, 0.5) is 0 Å². The average molecular weight is 396 g/mol. The van der Waals surface area contributed by atoms with Crippen molar-refractivity contribution in [2.24, 2.45) is 5.92 Å². The molecule has 4 N–H and O–H groups in total. The van der Waals surface area contributed by atoms with Gasteiger partial charge in [0.25, 0.3) is 0 Å². The molecule has 0 saturated carbocycles. The standard InChI is InChI=1S/C20H24N6O3/c1-13(21)18(14(2)22)11-25-10-16(9-23-25)26-19(28)12-24(20(26)29)8-7-15-3-5-17(27)6-4-15/h3-6,9-10,12,18,21-22,27-28H,7-8,11H2,1-2H3. The zero-order chi connectivity index (χ0) is 21.1. The fraction of sp³-hybridized carbons (Fsp3) is 0.300. The Labute approximate surface area is 167 Å². The van der Waals surface area contributed by atoms with E-state index in [-0.39, 0.29) is 23.2 Å². The van der Waals surface area contributed by atoms with Gasteiger partial charge >= 0.3 is 5.69 Å². The number of hydrogen-bond donors (Lipinski definition) is 4. The van der Waals surface area contributed by atoms with Crippen LogP contribution < -0.4 is 5.69 Å². The summed E-state index contributed by atoms with van der Waals surface area (Å²) in [5, 5.41) is 39.4. The highest BCUT2D eigenvalue weighted by Gasteiger charge is 2.17. The fourth-order valence-electron chi connectivity index (χ4n) is 3.15. The van der Waals surface area contributed by atoms with E-state index in [1.807, 2.05) is 0 Å². The number of rotatable bonds is 8. The summed E-state index contributed by atoms with van der Waals surface area (Å²) in [6.45, 7) is 4.00. The topological polar surface area (TPSA) is 133 Å². The van der Waals surface area contributed by atoms with Gasteiger partial charge in [-0.15, -0.1) is 0 Å². The molecule has 29 heavy (non-hydrogen) atoms. The van der Waals surface area contributed by atoms with Gasteiger partial charge in [0.05, 0.1) is 30.5 Å². The van der Waals surface area contributed by atoms with Crippen molar-refractivity contribution in [3.8, 4) is 17.3 Å². The minimum absolute atomic E-state index is 0.186. The molecule has 3 rings (SSSR count). The molecule has 152 valence electrons. The molecule has 1 aromatic carbocycles. The lowest BCUT2D eigenvalue weighted by atomic mass is 10.00. The number of aromatic nitrogens is 4. The lowest BCUT2D eigenvalue weighted by molar-refractivity contribution is 0.440. The molecule has 0 fully saturated rings. The highest BCUT2D eigenvalue weighted by Crippen LogP contribution is 2.16. The summed E-state index contributed by atoms with van der Waals surface area (Å²) in [4.78, 5) is 12.7. The molecule has 0 aliphatic rings. The number of nitrogens with zero attached hydrogens (tertiary/aromatic N) is 4. The number of nitrogens with one attached hydrogen (secondary N) is 2. The second-order valence-electron chi connectivity index (χ2n) is 7.05.